The molecule has 0 bridgehead atoms. The van der Waals surface area contributed by atoms with Crippen LogP contribution in [0.2, 0.25) is 0 Å². The highest BCUT2D eigenvalue weighted by atomic mass is 15.1. The van der Waals surface area contributed by atoms with Crippen LogP contribution in [0.5, 0.6) is 0 Å². The molecule has 0 amide bonds. The summed E-state index contributed by atoms with van der Waals surface area (Å²) in [5.74, 6) is 0.891. The topological polar surface area (TPSA) is 6.48 Å². The quantitative estimate of drug-likeness (QED) is 0.756. The van der Waals surface area contributed by atoms with Crippen LogP contribution < -0.4 is 0 Å². The highest BCUT2D eigenvalue weighted by Gasteiger charge is 2.21. The van der Waals surface area contributed by atoms with Gasteiger partial charge in [0, 0.05) is 26.2 Å². The fourth-order valence-electron chi connectivity index (χ4n) is 4.54. The van der Waals surface area contributed by atoms with Crippen molar-refractivity contribution in [3.8, 4) is 0 Å². The summed E-state index contributed by atoms with van der Waals surface area (Å²) in [5.41, 5.74) is 4.53. The van der Waals surface area contributed by atoms with Crippen LogP contribution in [0, 0.1) is 5.92 Å². The van der Waals surface area contributed by atoms with Gasteiger partial charge in [-0.2, -0.15) is 0 Å². The fourth-order valence-corrected chi connectivity index (χ4v) is 4.54. The number of fused-ring (bicyclic) bond motifs is 1. The highest BCUT2D eigenvalue weighted by molar-refractivity contribution is 5.30. The molecule has 0 aromatic heterocycles. The normalized spacial score (nSPS) is 21.4. The fraction of sp³-hybridized carbons (Fsp3) is 0.478. The maximum atomic E-state index is 2.66. The van der Waals surface area contributed by atoms with Crippen LogP contribution in [0.15, 0.2) is 54.6 Å². The third-order valence-corrected chi connectivity index (χ3v) is 5.85. The molecule has 2 aliphatic rings. The molecule has 4 rings (SSSR count). The van der Waals surface area contributed by atoms with Gasteiger partial charge in [-0.25, -0.2) is 0 Å². The Morgan fingerprint density at radius 2 is 1.56 bits per heavy atom. The van der Waals surface area contributed by atoms with Crippen molar-refractivity contribution < 1.29 is 0 Å². The van der Waals surface area contributed by atoms with Crippen molar-refractivity contribution in [3.05, 3.63) is 71.3 Å². The van der Waals surface area contributed by atoms with Crippen LogP contribution >= 0.6 is 0 Å². The molecule has 2 nitrogen and oxygen atoms in total. The molecule has 0 saturated carbocycles. The number of nitrogens with zero attached hydrogens (tertiary/aromatic N) is 2. The smallest absolute Gasteiger partial charge is 0.0240 e. The van der Waals surface area contributed by atoms with Crippen molar-refractivity contribution in [2.24, 2.45) is 5.92 Å². The number of likely N-dealkylation sites (tertiary alicyclic amines) is 1. The molecule has 1 fully saturated rings. The molecule has 2 aliphatic heterocycles. The van der Waals surface area contributed by atoms with Crippen LogP contribution in [0.25, 0.3) is 0 Å². The van der Waals surface area contributed by atoms with Crippen molar-refractivity contribution in [1.29, 1.82) is 0 Å². The first-order chi connectivity index (χ1) is 12.4. The zero-order chi connectivity index (χ0) is 16.9. The summed E-state index contributed by atoms with van der Waals surface area (Å²) in [6.45, 7) is 7.24. The maximum Gasteiger partial charge on any atom is 0.0240 e. The van der Waals surface area contributed by atoms with Gasteiger partial charge in [0.2, 0.25) is 0 Å². The van der Waals surface area contributed by atoms with E-state index in [1.165, 1.54) is 62.0 Å². The van der Waals surface area contributed by atoms with Gasteiger partial charge in [0.15, 0.2) is 0 Å². The Labute approximate surface area is 152 Å². The summed E-state index contributed by atoms with van der Waals surface area (Å²) in [7, 11) is 0. The molecule has 2 aromatic carbocycles. The third kappa shape index (κ3) is 4.50. The minimum atomic E-state index is 0.891. The summed E-state index contributed by atoms with van der Waals surface area (Å²) in [6, 6.07) is 19.9. The van der Waals surface area contributed by atoms with Crippen LogP contribution in [0.3, 0.4) is 0 Å². The highest BCUT2D eigenvalue weighted by Crippen LogP contribution is 2.25. The molecule has 2 aromatic rings. The van der Waals surface area contributed by atoms with E-state index in [2.05, 4.69) is 64.4 Å². The number of hydrogen-bond donors (Lipinski definition) is 0. The number of rotatable bonds is 6. The average Bonchev–Trinajstić information content (AvgIpc) is 3.06. The van der Waals surface area contributed by atoms with E-state index in [1.807, 2.05) is 0 Å². The van der Waals surface area contributed by atoms with Crippen molar-refractivity contribution in [2.45, 2.75) is 45.3 Å². The van der Waals surface area contributed by atoms with Gasteiger partial charge in [-0.15, -0.1) is 0 Å². The lowest BCUT2D eigenvalue weighted by Gasteiger charge is -2.33. The number of benzene rings is 2. The van der Waals surface area contributed by atoms with E-state index in [1.54, 1.807) is 0 Å². The Morgan fingerprint density at radius 3 is 2.32 bits per heavy atom. The van der Waals surface area contributed by atoms with Crippen molar-refractivity contribution in [1.82, 2.24) is 9.80 Å². The third-order valence-electron chi connectivity index (χ3n) is 5.85. The van der Waals surface area contributed by atoms with Gasteiger partial charge in [-0.1, -0.05) is 54.6 Å². The Morgan fingerprint density at radius 1 is 0.840 bits per heavy atom. The predicted octanol–water partition coefficient (Wildman–Crippen LogP) is 4.69. The van der Waals surface area contributed by atoms with E-state index >= 15 is 0 Å². The second-order valence-corrected chi connectivity index (χ2v) is 7.85. The maximum absolute atomic E-state index is 2.66. The van der Waals surface area contributed by atoms with Gasteiger partial charge < -0.3 is 0 Å². The first kappa shape index (κ1) is 16.8. The molecule has 1 unspecified atom stereocenters. The molecule has 0 radical (unpaired) electrons. The largest absolute Gasteiger partial charge is 0.299 e. The van der Waals surface area contributed by atoms with Crippen molar-refractivity contribution in [2.75, 3.05) is 19.6 Å². The predicted molar refractivity (Wildman–Crippen MR) is 104 cm³/mol. The summed E-state index contributed by atoms with van der Waals surface area (Å²) in [5, 5.41) is 0. The SMILES string of the molecule is c1ccc(CN2CCCC(CCCN3Cc4ccccc4C3)C2)cc1. The van der Waals surface area contributed by atoms with E-state index < -0.39 is 0 Å². The molecule has 0 aliphatic carbocycles. The first-order valence-corrected chi connectivity index (χ1v) is 9.92. The van der Waals surface area contributed by atoms with Crippen LogP contribution in [0.1, 0.15) is 42.4 Å². The molecular formula is C23H30N2. The summed E-state index contributed by atoms with van der Waals surface area (Å²) < 4.78 is 0. The van der Waals surface area contributed by atoms with E-state index in [-0.39, 0.29) is 0 Å². The van der Waals surface area contributed by atoms with Gasteiger partial charge in [0.05, 0.1) is 0 Å². The molecule has 2 heterocycles. The summed E-state index contributed by atoms with van der Waals surface area (Å²) in [6.07, 6.45) is 5.52. The van der Waals surface area contributed by atoms with E-state index in [0.717, 1.165) is 25.6 Å². The Hall–Kier alpha value is -1.64. The summed E-state index contributed by atoms with van der Waals surface area (Å²) in [4.78, 5) is 5.28. The Balaban J connectivity index is 1.20. The van der Waals surface area contributed by atoms with Gasteiger partial charge in [0.25, 0.3) is 0 Å². The van der Waals surface area contributed by atoms with Gasteiger partial charge >= 0.3 is 0 Å². The molecule has 0 N–H and O–H groups in total. The van der Waals surface area contributed by atoms with Gasteiger partial charge in [-0.05, 0) is 61.4 Å². The lowest BCUT2D eigenvalue weighted by atomic mass is 9.93. The molecule has 132 valence electrons. The lowest BCUT2D eigenvalue weighted by Crippen LogP contribution is -2.35. The second kappa shape index (κ2) is 8.16. The van der Waals surface area contributed by atoms with Crippen LogP contribution in [-0.2, 0) is 19.6 Å². The molecule has 1 atom stereocenters. The Bertz CT molecular complexity index is 642. The molecule has 1 saturated heterocycles. The van der Waals surface area contributed by atoms with E-state index in [0.29, 0.717) is 0 Å². The zero-order valence-corrected chi connectivity index (χ0v) is 15.2. The number of piperidine rings is 1. The van der Waals surface area contributed by atoms with E-state index in [4.69, 9.17) is 0 Å². The minimum absolute atomic E-state index is 0.891. The van der Waals surface area contributed by atoms with Gasteiger partial charge in [-0.3, -0.25) is 9.80 Å². The van der Waals surface area contributed by atoms with Crippen LogP contribution in [0.4, 0.5) is 0 Å². The lowest BCUT2D eigenvalue weighted by molar-refractivity contribution is 0.155. The molecule has 0 spiro atoms. The zero-order valence-electron chi connectivity index (χ0n) is 15.2. The standard InChI is InChI=1S/C23H30N2/c1-2-8-20(9-3-1)16-24-14-6-10-21(17-24)11-7-15-25-18-22-12-4-5-13-23(22)19-25/h1-5,8-9,12-13,21H,6-7,10-11,14-19H2. The summed E-state index contributed by atoms with van der Waals surface area (Å²) >= 11 is 0. The molecular weight excluding hydrogens is 304 g/mol. The first-order valence-electron chi connectivity index (χ1n) is 9.92. The number of hydrogen-bond acceptors (Lipinski definition) is 2. The van der Waals surface area contributed by atoms with Gasteiger partial charge in [0.1, 0.15) is 0 Å². The Kier molecular flexibility index (Phi) is 5.49. The monoisotopic (exact) mass is 334 g/mol. The molecule has 2 heteroatoms. The molecule has 25 heavy (non-hydrogen) atoms. The van der Waals surface area contributed by atoms with E-state index in [9.17, 15) is 0 Å². The van der Waals surface area contributed by atoms with Crippen LogP contribution in [-0.4, -0.2) is 29.4 Å². The van der Waals surface area contributed by atoms with Crippen molar-refractivity contribution >= 4 is 0 Å². The second-order valence-electron chi connectivity index (χ2n) is 7.85. The minimum Gasteiger partial charge on any atom is -0.299 e. The van der Waals surface area contributed by atoms with Crippen molar-refractivity contribution in [3.63, 3.8) is 0 Å². The average molecular weight is 335 g/mol.